The molecule has 0 spiro atoms. The summed E-state index contributed by atoms with van der Waals surface area (Å²) in [5, 5.41) is 0. The first-order valence-corrected chi connectivity index (χ1v) is 8.95. The van der Waals surface area contributed by atoms with Gasteiger partial charge >= 0.3 is 0 Å². The Hall–Kier alpha value is -1.48. The maximum absolute atomic E-state index is 13.3. The van der Waals surface area contributed by atoms with E-state index >= 15 is 0 Å². The minimum atomic E-state index is -0.503. The van der Waals surface area contributed by atoms with Crippen molar-refractivity contribution >= 4 is 11.6 Å². The lowest BCUT2D eigenvalue weighted by Gasteiger charge is -2.39. The van der Waals surface area contributed by atoms with Gasteiger partial charge in [-0.05, 0) is 37.2 Å². The Labute approximate surface area is 145 Å². The number of hydrogen-bond donors (Lipinski definition) is 0. The van der Waals surface area contributed by atoms with Crippen LogP contribution in [0.2, 0.25) is 0 Å². The van der Waals surface area contributed by atoms with Crippen LogP contribution in [0.4, 0.5) is 0 Å². The Morgan fingerprint density at radius 2 is 1.79 bits per heavy atom. The van der Waals surface area contributed by atoms with Gasteiger partial charge in [0.25, 0.3) is 0 Å². The molecule has 1 aromatic carbocycles. The molecule has 3 nitrogen and oxygen atoms in total. The molecule has 3 heteroatoms. The van der Waals surface area contributed by atoms with Crippen molar-refractivity contribution < 1.29 is 14.3 Å². The minimum Gasteiger partial charge on any atom is -0.366 e. The third kappa shape index (κ3) is 4.13. The topological polar surface area (TPSA) is 43.4 Å². The molecule has 2 rings (SSSR count). The molecule has 0 aromatic heterocycles. The summed E-state index contributed by atoms with van der Waals surface area (Å²) in [6, 6.07) is 9.88. The fourth-order valence-electron chi connectivity index (χ4n) is 3.71. The highest BCUT2D eigenvalue weighted by molar-refractivity contribution is 5.90. The van der Waals surface area contributed by atoms with Crippen molar-refractivity contribution in [1.29, 1.82) is 0 Å². The summed E-state index contributed by atoms with van der Waals surface area (Å²) in [7, 11) is 0. The molecule has 0 heterocycles. The molecule has 0 saturated heterocycles. The van der Waals surface area contributed by atoms with Crippen LogP contribution >= 0.6 is 0 Å². The number of carbonyl (C=O) groups is 2. The highest BCUT2D eigenvalue weighted by Crippen LogP contribution is 2.53. The quantitative estimate of drug-likeness (QED) is 0.692. The molecule has 0 radical (unpaired) electrons. The maximum atomic E-state index is 13.3. The molecule has 1 aliphatic rings. The molecule has 1 fully saturated rings. The molecule has 0 bridgehead atoms. The highest BCUT2D eigenvalue weighted by atomic mass is 16.5. The first-order valence-electron chi connectivity index (χ1n) is 8.95. The van der Waals surface area contributed by atoms with Crippen molar-refractivity contribution in [3.05, 3.63) is 35.9 Å². The van der Waals surface area contributed by atoms with E-state index in [9.17, 15) is 9.59 Å². The fraction of sp³-hybridized carbons (Fsp3) is 0.619. The van der Waals surface area contributed by atoms with Crippen molar-refractivity contribution in [3.63, 3.8) is 0 Å². The van der Waals surface area contributed by atoms with E-state index in [1.807, 2.05) is 30.3 Å². The monoisotopic (exact) mass is 330 g/mol. The third-order valence-electron chi connectivity index (χ3n) is 5.86. The van der Waals surface area contributed by atoms with Gasteiger partial charge < -0.3 is 9.53 Å². The number of Topliss-reactive ketones (excluding diaryl/α,β-unsaturated/α-hetero) is 2. The van der Waals surface area contributed by atoms with Gasteiger partial charge in [0.05, 0.1) is 6.61 Å². The Kier molecular flexibility index (Phi) is 5.97. The van der Waals surface area contributed by atoms with E-state index in [1.54, 1.807) is 6.92 Å². The van der Waals surface area contributed by atoms with Crippen LogP contribution in [-0.2, 0) is 20.9 Å². The molecule has 2 atom stereocenters. The Morgan fingerprint density at radius 3 is 2.33 bits per heavy atom. The number of ether oxygens (including phenoxy) is 1. The largest absolute Gasteiger partial charge is 0.366 e. The lowest BCUT2D eigenvalue weighted by atomic mass is 9.65. The van der Waals surface area contributed by atoms with E-state index in [0.29, 0.717) is 19.4 Å². The predicted molar refractivity (Wildman–Crippen MR) is 95.7 cm³/mol. The molecule has 1 aliphatic carbocycles. The van der Waals surface area contributed by atoms with Crippen molar-refractivity contribution in [2.45, 2.75) is 72.5 Å². The van der Waals surface area contributed by atoms with E-state index < -0.39 is 6.10 Å². The Bertz CT molecular complexity index is 576. The lowest BCUT2D eigenvalue weighted by molar-refractivity contribution is -0.146. The van der Waals surface area contributed by atoms with E-state index in [-0.39, 0.29) is 22.4 Å². The molecule has 0 N–H and O–H groups in total. The van der Waals surface area contributed by atoms with Crippen molar-refractivity contribution in [2.24, 2.45) is 10.8 Å². The molecule has 132 valence electrons. The molecule has 1 aromatic rings. The summed E-state index contributed by atoms with van der Waals surface area (Å²) >= 11 is 0. The van der Waals surface area contributed by atoms with Crippen LogP contribution in [0.25, 0.3) is 0 Å². The zero-order valence-corrected chi connectivity index (χ0v) is 15.4. The summed E-state index contributed by atoms with van der Waals surface area (Å²) in [6.45, 7) is 8.41. The van der Waals surface area contributed by atoms with E-state index in [2.05, 4.69) is 20.8 Å². The van der Waals surface area contributed by atoms with Crippen molar-refractivity contribution in [2.75, 3.05) is 0 Å². The molecule has 1 saturated carbocycles. The Balaban J connectivity index is 2.12. The molecular weight excluding hydrogens is 300 g/mol. The van der Waals surface area contributed by atoms with Crippen LogP contribution in [-0.4, -0.2) is 17.7 Å². The zero-order chi connectivity index (χ0) is 17.8. The van der Waals surface area contributed by atoms with Crippen LogP contribution in [0, 0.1) is 10.8 Å². The molecule has 0 unspecified atom stereocenters. The number of carbonyl (C=O) groups excluding carboxylic acids is 2. The summed E-state index contributed by atoms with van der Waals surface area (Å²) < 4.78 is 6.01. The number of rotatable bonds is 8. The van der Waals surface area contributed by atoms with Gasteiger partial charge in [-0.15, -0.1) is 0 Å². The van der Waals surface area contributed by atoms with Crippen LogP contribution < -0.4 is 0 Å². The second-order valence-electron chi connectivity index (χ2n) is 7.96. The number of hydrogen-bond acceptors (Lipinski definition) is 3. The fourth-order valence-corrected chi connectivity index (χ4v) is 3.71. The average molecular weight is 330 g/mol. The van der Waals surface area contributed by atoms with Crippen molar-refractivity contribution in [3.8, 4) is 0 Å². The van der Waals surface area contributed by atoms with Gasteiger partial charge in [-0.3, -0.25) is 4.79 Å². The van der Waals surface area contributed by atoms with Gasteiger partial charge in [-0.2, -0.15) is 0 Å². The normalized spacial score (nSPS) is 23.8. The summed E-state index contributed by atoms with van der Waals surface area (Å²) in [5.41, 5.74) is 0.661. The average Bonchev–Trinajstić information content (AvgIpc) is 2.82. The first-order chi connectivity index (χ1) is 11.3. The third-order valence-corrected chi connectivity index (χ3v) is 5.86. The van der Waals surface area contributed by atoms with Crippen molar-refractivity contribution in [1.82, 2.24) is 0 Å². The summed E-state index contributed by atoms with van der Waals surface area (Å²) in [4.78, 5) is 24.7. The van der Waals surface area contributed by atoms with Gasteiger partial charge in [-0.25, -0.2) is 0 Å². The number of benzene rings is 1. The van der Waals surface area contributed by atoms with E-state index in [0.717, 1.165) is 24.8 Å². The summed E-state index contributed by atoms with van der Waals surface area (Å²) in [5.74, 6) is 0.272. The van der Waals surface area contributed by atoms with Crippen LogP contribution in [0.15, 0.2) is 30.3 Å². The Morgan fingerprint density at radius 1 is 1.12 bits per heavy atom. The predicted octanol–water partition coefficient (Wildman–Crippen LogP) is 4.73. The second kappa shape index (κ2) is 7.60. The van der Waals surface area contributed by atoms with E-state index in [4.69, 9.17) is 4.74 Å². The lowest BCUT2D eigenvalue weighted by Crippen LogP contribution is -2.44. The van der Waals surface area contributed by atoms with Gasteiger partial charge in [0.15, 0.2) is 5.78 Å². The molecule has 0 aliphatic heterocycles. The second-order valence-corrected chi connectivity index (χ2v) is 7.96. The SMILES string of the molecule is CC(=O)CC[C@H](OCc1ccccc1)C(=O)[C@@]1(C)CCCC1(C)C. The van der Waals surface area contributed by atoms with Gasteiger partial charge in [0.1, 0.15) is 11.9 Å². The molecule has 24 heavy (non-hydrogen) atoms. The zero-order valence-electron chi connectivity index (χ0n) is 15.4. The van der Waals surface area contributed by atoms with Gasteiger partial charge in [0, 0.05) is 11.8 Å². The standard InChI is InChI=1S/C21H30O3/c1-16(22)11-12-18(24-15-17-9-6-5-7-10-17)19(23)21(4)14-8-13-20(21,2)3/h5-7,9-10,18H,8,11-15H2,1-4H3/t18-,21+/m0/s1. The van der Waals surface area contributed by atoms with Crippen LogP contribution in [0.5, 0.6) is 0 Å². The molecule has 0 amide bonds. The first kappa shape index (κ1) is 18.9. The van der Waals surface area contributed by atoms with Crippen LogP contribution in [0.3, 0.4) is 0 Å². The minimum absolute atomic E-state index is 0.0192. The maximum Gasteiger partial charge on any atom is 0.167 e. The molecular formula is C21H30O3. The van der Waals surface area contributed by atoms with Gasteiger partial charge in [-0.1, -0.05) is 57.5 Å². The number of ketones is 2. The highest BCUT2D eigenvalue weighted by Gasteiger charge is 2.52. The van der Waals surface area contributed by atoms with Gasteiger partial charge in [0.2, 0.25) is 0 Å². The van der Waals surface area contributed by atoms with E-state index in [1.165, 1.54) is 0 Å². The smallest absolute Gasteiger partial charge is 0.167 e. The summed E-state index contributed by atoms with van der Waals surface area (Å²) in [6.07, 6.45) is 3.41. The van der Waals surface area contributed by atoms with Crippen LogP contribution in [0.1, 0.15) is 65.4 Å².